The molecule has 2 aromatic heterocycles. The molecule has 1 amide bonds. The van der Waals surface area contributed by atoms with Gasteiger partial charge in [-0.25, -0.2) is 5.43 Å². The van der Waals surface area contributed by atoms with Gasteiger partial charge in [-0.2, -0.15) is 20.1 Å². The van der Waals surface area contributed by atoms with Gasteiger partial charge >= 0.3 is 0 Å². The molecule has 0 spiro atoms. The summed E-state index contributed by atoms with van der Waals surface area (Å²) in [7, 11) is 0. The number of hydrazone groups is 1. The molecule has 5 heterocycles. The summed E-state index contributed by atoms with van der Waals surface area (Å²) < 4.78 is 1.99. The first-order valence-electron chi connectivity index (χ1n) is 16.6. The lowest BCUT2D eigenvalue weighted by Crippen LogP contribution is -2.34. The van der Waals surface area contributed by atoms with Gasteiger partial charge in [0.15, 0.2) is 0 Å². The summed E-state index contributed by atoms with van der Waals surface area (Å²) in [5.41, 5.74) is 6.57. The molecule has 1 N–H and O–H groups in total. The maximum Gasteiger partial charge on any atom is 0.251 e. The zero-order valence-electron chi connectivity index (χ0n) is 26.6. The fourth-order valence-electron chi connectivity index (χ4n) is 6.76. The molecule has 0 saturated carbocycles. The van der Waals surface area contributed by atoms with Gasteiger partial charge in [-0.15, -0.1) is 0 Å². The van der Waals surface area contributed by atoms with Gasteiger partial charge < -0.3 is 14.4 Å². The second kappa shape index (κ2) is 13.5. The highest BCUT2D eigenvalue weighted by atomic mass is 35.5. The van der Waals surface area contributed by atoms with Gasteiger partial charge in [0.25, 0.3) is 5.91 Å². The summed E-state index contributed by atoms with van der Waals surface area (Å²) >= 11 is 8.06. The van der Waals surface area contributed by atoms with Crippen molar-refractivity contribution in [2.75, 3.05) is 46.3 Å². The number of hydrogen-bond acceptors (Lipinski definition) is 9. The van der Waals surface area contributed by atoms with Gasteiger partial charge in [-0.05, 0) is 74.9 Å². The Morgan fingerprint density at radius 2 is 1.48 bits per heavy atom. The van der Waals surface area contributed by atoms with Crippen molar-refractivity contribution in [1.82, 2.24) is 19.5 Å². The molecule has 3 aliphatic heterocycles. The van der Waals surface area contributed by atoms with Crippen LogP contribution in [0.2, 0.25) is 5.02 Å². The SMILES string of the molecule is O=C(Cn1cc(/C=N\Nc2nc(N3CCCCC3)nc(N3CCCCC3)n2)c2ccccc21)N1c2ccccc2Sc2ccc(Cl)cc21. The smallest absolute Gasteiger partial charge is 0.251 e. The Balaban J connectivity index is 1.07. The van der Waals surface area contributed by atoms with Gasteiger partial charge in [-0.3, -0.25) is 9.69 Å². The number of fused-ring (bicyclic) bond motifs is 3. The number of anilines is 5. The van der Waals surface area contributed by atoms with Gasteiger partial charge in [0.1, 0.15) is 6.54 Å². The summed E-state index contributed by atoms with van der Waals surface area (Å²) in [5, 5.41) is 6.18. The van der Waals surface area contributed by atoms with Crippen molar-refractivity contribution in [3.8, 4) is 0 Å². The van der Waals surface area contributed by atoms with Crippen LogP contribution in [0, 0.1) is 0 Å². The van der Waals surface area contributed by atoms with Crippen molar-refractivity contribution in [2.45, 2.75) is 54.9 Å². The number of piperidine rings is 2. The first-order chi connectivity index (χ1) is 23.6. The number of para-hydroxylation sites is 2. The lowest BCUT2D eigenvalue weighted by atomic mass is 10.1. The number of aromatic nitrogens is 4. The number of nitrogens with zero attached hydrogens (tertiary/aromatic N) is 8. The monoisotopic (exact) mass is 677 g/mol. The van der Waals surface area contributed by atoms with Crippen molar-refractivity contribution in [3.05, 3.63) is 83.5 Å². The van der Waals surface area contributed by atoms with Crippen LogP contribution in [-0.2, 0) is 11.3 Å². The minimum absolute atomic E-state index is 0.0608. The molecule has 48 heavy (non-hydrogen) atoms. The van der Waals surface area contributed by atoms with Gasteiger partial charge in [0.05, 0.1) is 17.6 Å². The second-order valence-corrected chi connectivity index (χ2v) is 13.9. The Morgan fingerprint density at radius 3 is 2.23 bits per heavy atom. The fraction of sp³-hybridized carbons (Fsp3) is 0.306. The summed E-state index contributed by atoms with van der Waals surface area (Å²) in [6.45, 7) is 3.93. The van der Waals surface area contributed by atoms with E-state index in [0.717, 1.165) is 89.5 Å². The molecular formula is C36H36ClN9OS. The van der Waals surface area contributed by atoms with Crippen LogP contribution in [0.15, 0.2) is 87.8 Å². The van der Waals surface area contributed by atoms with Crippen LogP contribution in [0.1, 0.15) is 44.1 Å². The van der Waals surface area contributed by atoms with Crippen LogP contribution in [0.3, 0.4) is 0 Å². The highest BCUT2D eigenvalue weighted by Crippen LogP contribution is 2.49. The van der Waals surface area contributed by atoms with Crippen LogP contribution in [0.5, 0.6) is 0 Å². The molecule has 3 aromatic carbocycles. The molecule has 8 rings (SSSR count). The lowest BCUT2D eigenvalue weighted by molar-refractivity contribution is -0.118. The first kappa shape index (κ1) is 30.7. The number of benzene rings is 3. The Hall–Kier alpha value is -4.61. The highest BCUT2D eigenvalue weighted by molar-refractivity contribution is 7.99. The van der Waals surface area contributed by atoms with Crippen molar-refractivity contribution in [1.29, 1.82) is 0 Å². The highest BCUT2D eigenvalue weighted by Gasteiger charge is 2.29. The van der Waals surface area contributed by atoms with Crippen LogP contribution in [0.25, 0.3) is 10.9 Å². The molecule has 5 aromatic rings. The molecule has 2 saturated heterocycles. The molecule has 10 nitrogen and oxygen atoms in total. The summed E-state index contributed by atoms with van der Waals surface area (Å²) in [6.07, 6.45) is 10.8. The maximum atomic E-state index is 14.2. The third-order valence-corrected chi connectivity index (χ3v) is 10.5. The minimum Gasteiger partial charge on any atom is -0.341 e. The topological polar surface area (TPSA) is 94.8 Å². The summed E-state index contributed by atoms with van der Waals surface area (Å²) in [5.74, 6) is 1.78. The van der Waals surface area contributed by atoms with Crippen LogP contribution in [0.4, 0.5) is 29.2 Å². The van der Waals surface area contributed by atoms with E-state index in [0.29, 0.717) is 22.9 Å². The van der Waals surface area contributed by atoms with Crippen molar-refractivity contribution < 1.29 is 4.79 Å². The molecule has 0 atom stereocenters. The van der Waals surface area contributed by atoms with E-state index in [4.69, 9.17) is 26.6 Å². The molecule has 0 bridgehead atoms. The van der Waals surface area contributed by atoms with E-state index in [2.05, 4.69) is 20.3 Å². The molecule has 0 unspecified atom stereocenters. The first-order valence-corrected chi connectivity index (χ1v) is 17.8. The number of amides is 1. The predicted octanol–water partition coefficient (Wildman–Crippen LogP) is 7.74. The third-order valence-electron chi connectivity index (χ3n) is 9.12. The van der Waals surface area contributed by atoms with E-state index >= 15 is 0 Å². The van der Waals surface area contributed by atoms with Crippen molar-refractivity contribution >= 4 is 75.6 Å². The number of nitrogens with one attached hydrogen (secondary N) is 1. The number of hydrogen-bond donors (Lipinski definition) is 1. The molecule has 12 heteroatoms. The Morgan fingerprint density at radius 1 is 0.812 bits per heavy atom. The van der Waals surface area contributed by atoms with Crippen LogP contribution < -0.4 is 20.1 Å². The second-order valence-electron chi connectivity index (χ2n) is 12.4. The molecule has 244 valence electrons. The molecule has 0 aliphatic carbocycles. The number of carbonyl (C=O) groups excluding carboxylic acids is 1. The minimum atomic E-state index is -0.0608. The summed E-state index contributed by atoms with van der Waals surface area (Å²) in [6, 6.07) is 21.7. The lowest BCUT2D eigenvalue weighted by Gasteiger charge is -2.31. The zero-order valence-corrected chi connectivity index (χ0v) is 28.1. The average molecular weight is 678 g/mol. The normalized spacial score (nSPS) is 16.3. The summed E-state index contributed by atoms with van der Waals surface area (Å²) in [4.78, 5) is 36.9. The van der Waals surface area contributed by atoms with E-state index in [1.165, 1.54) is 12.8 Å². The average Bonchev–Trinajstić information content (AvgIpc) is 3.48. The van der Waals surface area contributed by atoms with Gasteiger partial charge in [-0.1, -0.05) is 53.7 Å². The van der Waals surface area contributed by atoms with E-state index in [-0.39, 0.29) is 12.5 Å². The maximum absolute atomic E-state index is 14.2. The largest absolute Gasteiger partial charge is 0.341 e. The van der Waals surface area contributed by atoms with Crippen LogP contribution >= 0.6 is 23.4 Å². The standard InChI is InChI=1S/C36H36ClN9OS/c37-26-15-16-32-30(21-26)46(29-13-5-6-14-31(29)48-32)33(47)24-45-23-25(27-11-3-4-12-28(27)45)22-38-42-34-39-35(43-17-7-1-8-18-43)41-36(40-34)44-19-9-2-10-20-44/h3-6,11-16,21-23H,1-2,7-10,17-20,24H2,(H,39,40,41,42)/b38-22-. The Bertz CT molecular complexity index is 1960. The predicted molar refractivity (Wildman–Crippen MR) is 194 cm³/mol. The molecule has 2 fully saturated rings. The van der Waals surface area contributed by atoms with E-state index in [1.54, 1.807) is 22.9 Å². The van der Waals surface area contributed by atoms with E-state index < -0.39 is 0 Å². The number of halogens is 1. The number of rotatable bonds is 7. The quantitative estimate of drug-likeness (QED) is 0.138. The van der Waals surface area contributed by atoms with E-state index in [1.807, 2.05) is 77.5 Å². The van der Waals surface area contributed by atoms with Gasteiger partial charge in [0, 0.05) is 63.7 Å². The van der Waals surface area contributed by atoms with Crippen molar-refractivity contribution in [2.24, 2.45) is 5.10 Å². The Labute approximate surface area is 288 Å². The third kappa shape index (κ3) is 6.20. The fourth-order valence-corrected chi connectivity index (χ4v) is 7.96. The number of carbonyl (C=O) groups is 1. The zero-order chi connectivity index (χ0) is 32.5. The van der Waals surface area contributed by atoms with Crippen molar-refractivity contribution in [3.63, 3.8) is 0 Å². The Kier molecular flexibility index (Phi) is 8.63. The molecular weight excluding hydrogens is 642 g/mol. The molecule has 0 radical (unpaired) electrons. The van der Waals surface area contributed by atoms with Crippen LogP contribution in [-0.4, -0.2) is 57.8 Å². The molecule has 3 aliphatic rings. The van der Waals surface area contributed by atoms with E-state index in [9.17, 15) is 4.79 Å². The van der Waals surface area contributed by atoms with Gasteiger partial charge in [0.2, 0.25) is 17.8 Å².